The summed E-state index contributed by atoms with van der Waals surface area (Å²) < 4.78 is 24.8. The lowest BCUT2D eigenvalue weighted by Gasteiger charge is -2.15. The Kier molecular flexibility index (Phi) is 3.24. The molecule has 1 aliphatic heterocycles. The number of carbonyl (C=O) groups excluding carboxylic acids is 2. The van der Waals surface area contributed by atoms with Gasteiger partial charge in [0.25, 0.3) is 5.91 Å². The number of nitrogens with zero attached hydrogens (tertiary/aromatic N) is 1. The van der Waals surface area contributed by atoms with Crippen molar-refractivity contribution in [3.05, 3.63) is 29.8 Å². The number of hydrogen-bond donors (Lipinski definition) is 1. The minimum atomic E-state index is -3.60. The highest BCUT2D eigenvalue weighted by molar-refractivity contribution is 7.94. The van der Waals surface area contributed by atoms with Crippen molar-refractivity contribution in [1.29, 1.82) is 0 Å². The van der Waals surface area contributed by atoms with E-state index in [9.17, 15) is 18.0 Å². The lowest BCUT2D eigenvalue weighted by Crippen LogP contribution is -2.30. The third-order valence-corrected chi connectivity index (χ3v) is 5.51. The van der Waals surface area contributed by atoms with Crippen molar-refractivity contribution in [2.45, 2.75) is 25.8 Å². The monoisotopic (exact) mass is 308 g/mol. The Bertz CT molecular complexity index is 692. The Balaban J connectivity index is 1.83. The molecule has 1 aliphatic carbocycles. The molecule has 0 bridgehead atoms. The zero-order chi connectivity index (χ0) is 15.2. The van der Waals surface area contributed by atoms with Crippen LogP contribution < -0.4 is 9.62 Å². The molecular weight excluding hydrogens is 292 g/mol. The van der Waals surface area contributed by atoms with Gasteiger partial charge in [-0.1, -0.05) is 6.92 Å². The highest BCUT2D eigenvalue weighted by atomic mass is 32.2. The molecule has 1 aromatic rings. The fourth-order valence-corrected chi connectivity index (χ4v) is 4.15. The second-order valence-electron chi connectivity index (χ2n) is 5.58. The van der Waals surface area contributed by atoms with Gasteiger partial charge in [-0.3, -0.25) is 9.59 Å². The molecule has 7 heteroatoms. The van der Waals surface area contributed by atoms with E-state index in [0.29, 0.717) is 5.56 Å². The molecule has 1 unspecified atom stereocenters. The predicted octanol–water partition coefficient (Wildman–Crippen LogP) is 0.891. The molecule has 3 rings (SSSR count). The van der Waals surface area contributed by atoms with Crippen LogP contribution >= 0.6 is 0 Å². The van der Waals surface area contributed by atoms with E-state index in [1.807, 2.05) is 0 Å². The lowest BCUT2D eigenvalue weighted by atomic mass is 10.1. The summed E-state index contributed by atoms with van der Waals surface area (Å²) in [5.74, 6) is -1.30. The molecule has 1 saturated carbocycles. The van der Waals surface area contributed by atoms with Gasteiger partial charge in [-0.2, -0.15) is 0 Å². The maximum absolute atomic E-state index is 12.0. The summed E-state index contributed by atoms with van der Waals surface area (Å²) in [6.07, 6.45) is 2.00. The van der Waals surface area contributed by atoms with E-state index in [0.717, 1.165) is 17.1 Å². The van der Waals surface area contributed by atoms with Crippen LogP contribution in [0, 0.1) is 5.92 Å². The molecule has 0 aromatic heterocycles. The average Bonchev–Trinajstić information content (AvgIpc) is 3.19. The van der Waals surface area contributed by atoms with E-state index in [4.69, 9.17) is 0 Å². The molecule has 1 heterocycles. The fraction of sp³-hybridized carbons (Fsp3) is 0.429. The first kappa shape index (κ1) is 14.1. The van der Waals surface area contributed by atoms with Crippen LogP contribution in [0.5, 0.6) is 0 Å². The summed E-state index contributed by atoms with van der Waals surface area (Å²) in [4.78, 5) is 23.8. The third-order valence-electron chi connectivity index (χ3n) is 3.64. The predicted molar refractivity (Wildman–Crippen MR) is 77.4 cm³/mol. The number of carbonyl (C=O) groups is 2. The standard InChI is InChI=1S/C14H16N2O4S/c1-9-8-21(19,20)16(14(9)18)12-6-2-10(3-7-12)13(17)15-11-4-5-11/h2-3,6-7,9,11H,4-5,8H2,1H3,(H,15,17). The zero-order valence-electron chi connectivity index (χ0n) is 11.6. The van der Waals surface area contributed by atoms with Gasteiger partial charge in [-0.15, -0.1) is 0 Å². The summed E-state index contributed by atoms with van der Waals surface area (Å²) in [5.41, 5.74) is 0.745. The van der Waals surface area contributed by atoms with Gasteiger partial charge in [0.15, 0.2) is 0 Å². The van der Waals surface area contributed by atoms with Crippen LogP contribution in [-0.4, -0.2) is 32.0 Å². The van der Waals surface area contributed by atoms with Crippen LogP contribution in [0.15, 0.2) is 24.3 Å². The maximum atomic E-state index is 12.0. The van der Waals surface area contributed by atoms with Crippen molar-refractivity contribution in [3.8, 4) is 0 Å². The number of amides is 2. The molecule has 0 radical (unpaired) electrons. The number of anilines is 1. The van der Waals surface area contributed by atoms with Gasteiger partial charge in [0.05, 0.1) is 17.4 Å². The fourth-order valence-electron chi connectivity index (χ4n) is 2.33. The minimum Gasteiger partial charge on any atom is -0.349 e. The van der Waals surface area contributed by atoms with Gasteiger partial charge in [-0.25, -0.2) is 12.7 Å². The van der Waals surface area contributed by atoms with Crippen molar-refractivity contribution in [1.82, 2.24) is 5.32 Å². The third kappa shape index (κ3) is 2.65. The Hall–Kier alpha value is -1.89. The van der Waals surface area contributed by atoms with Crippen molar-refractivity contribution in [2.24, 2.45) is 5.92 Å². The van der Waals surface area contributed by atoms with Crippen LogP contribution in [0.1, 0.15) is 30.1 Å². The molecule has 0 spiro atoms. The van der Waals surface area contributed by atoms with Crippen molar-refractivity contribution >= 4 is 27.5 Å². The quantitative estimate of drug-likeness (QED) is 0.899. The average molecular weight is 308 g/mol. The van der Waals surface area contributed by atoms with E-state index in [1.165, 1.54) is 12.1 Å². The molecule has 112 valence electrons. The largest absolute Gasteiger partial charge is 0.349 e. The lowest BCUT2D eigenvalue weighted by molar-refractivity contribution is -0.119. The van der Waals surface area contributed by atoms with E-state index in [1.54, 1.807) is 19.1 Å². The summed E-state index contributed by atoms with van der Waals surface area (Å²) in [6, 6.07) is 6.33. The van der Waals surface area contributed by atoms with Gasteiger partial charge < -0.3 is 5.32 Å². The first-order chi connectivity index (χ1) is 9.88. The molecule has 21 heavy (non-hydrogen) atoms. The molecule has 1 saturated heterocycles. The van der Waals surface area contributed by atoms with Gasteiger partial charge in [0.1, 0.15) is 0 Å². The number of benzene rings is 1. The van der Waals surface area contributed by atoms with Crippen LogP contribution in [0.25, 0.3) is 0 Å². The molecule has 1 N–H and O–H groups in total. The molecular formula is C14H16N2O4S. The smallest absolute Gasteiger partial charge is 0.251 e. The van der Waals surface area contributed by atoms with E-state index >= 15 is 0 Å². The zero-order valence-corrected chi connectivity index (χ0v) is 12.4. The highest BCUT2D eigenvalue weighted by Crippen LogP contribution is 2.28. The van der Waals surface area contributed by atoms with E-state index < -0.39 is 21.8 Å². The second kappa shape index (κ2) is 4.84. The van der Waals surface area contributed by atoms with Crippen LogP contribution in [0.2, 0.25) is 0 Å². The normalized spacial score (nSPS) is 24.1. The van der Waals surface area contributed by atoms with Crippen molar-refractivity contribution in [3.63, 3.8) is 0 Å². The first-order valence-corrected chi connectivity index (χ1v) is 8.47. The second-order valence-corrected chi connectivity index (χ2v) is 7.44. The number of rotatable bonds is 3. The molecule has 1 atom stereocenters. The number of nitrogens with one attached hydrogen (secondary N) is 1. The Morgan fingerprint density at radius 1 is 1.24 bits per heavy atom. The van der Waals surface area contributed by atoms with E-state index in [-0.39, 0.29) is 23.4 Å². The summed E-state index contributed by atoms with van der Waals surface area (Å²) in [7, 11) is -3.60. The summed E-state index contributed by atoms with van der Waals surface area (Å²) in [6.45, 7) is 1.59. The van der Waals surface area contributed by atoms with E-state index in [2.05, 4.69) is 5.32 Å². The first-order valence-electron chi connectivity index (χ1n) is 6.86. The Morgan fingerprint density at radius 2 is 1.86 bits per heavy atom. The number of sulfonamides is 1. The molecule has 6 nitrogen and oxygen atoms in total. The maximum Gasteiger partial charge on any atom is 0.251 e. The van der Waals surface area contributed by atoms with Crippen LogP contribution in [0.4, 0.5) is 5.69 Å². The van der Waals surface area contributed by atoms with Crippen molar-refractivity contribution in [2.75, 3.05) is 10.1 Å². The SMILES string of the molecule is CC1CS(=O)(=O)N(c2ccc(C(=O)NC3CC3)cc2)C1=O. The van der Waals surface area contributed by atoms with Crippen LogP contribution in [-0.2, 0) is 14.8 Å². The Morgan fingerprint density at radius 3 is 2.33 bits per heavy atom. The summed E-state index contributed by atoms with van der Waals surface area (Å²) in [5, 5.41) is 2.85. The van der Waals surface area contributed by atoms with Crippen molar-refractivity contribution < 1.29 is 18.0 Å². The van der Waals surface area contributed by atoms with Gasteiger partial charge in [-0.05, 0) is 37.1 Å². The number of hydrogen-bond acceptors (Lipinski definition) is 4. The van der Waals surface area contributed by atoms with Gasteiger partial charge >= 0.3 is 0 Å². The Labute approximate surface area is 123 Å². The summed E-state index contributed by atoms with van der Waals surface area (Å²) >= 11 is 0. The van der Waals surface area contributed by atoms with Gasteiger partial charge in [0.2, 0.25) is 15.9 Å². The van der Waals surface area contributed by atoms with Crippen LogP contribution in [0.3, 0.4) is 0 Å². The molecule has 2 amide bonds. The molecule has 1 aromatic carbocycles. The topological polar surface area (TPSA) is 83.6 Å². The highest BCUT2D eigenvalue weighted by Gasteiger charge is 2.41. The molecule has 2 aliphatic rings. The minimum absolute atomic E-state index is 0.171. The van der Waals surface area contributed by atoms with Gasteiger partial charge in [0, 0.05) is 11.6 Å². The molecule has 2 fully saturated rings.